The van der Waals surface area contributed by atoms with E-state index >= 15 is 0 Å². The zero-order chi connectivity index (χ0) is 9.80. The van der Waals surface area contributed by atoms with Crippen LogP contribution in [-0.2, 0) is 16.1 Å². The van der Waals surface area contributed by atoms with Gasteiger partial charge >= 0.3 is 0 Å². The predicted octanol–water partition coefficient (Wildman–Crippen LogP) is 0.810. The van der Waals surface area contributed by atoms with Crippen LogP contribution in [0.2, 0.25) is 0 Å². The normalized spacial score (nSPS) is 21.0. The van der Waals surface area contributed by atoms with Crippen LogP contribution in [0.5, 0.6) is 0 Å². The highest BCUT2D eigenvalue weighted by Gasteiger charge is 2.22. The lowest BCUT2D eigenvalue weighted by atomic mass is 10.2. The molecule has 1 saturated heterocycles. The molecule has 0 spiro atoms. The zero-order valence-corrected chi connectivity index (χ0v) is 7.95. The molecule has 1 atom stereocenters. The van der Waals surface area contributed by atoms with Crippen molar-refractivity contribution in [1.82, 2.24) is 10.3 Å². The van der Waals surface area contributed by atoms with Crippen molar-refractivity contribution in [2.75, 3.05) is 6.61 Å². The summed E-state index contributed by atoms with van der Waals surface area (Å²) in [6.07, 6.45) is 3.44. The van der Waals surface area contributed by atoms with Crippen molar-refractivity contribution in [2.45, 2.75) is 25.5 Å². The predicted molar refractivity (Wildman–Crippen MR) is 51.6 cm³/mol. The van der Waals surface area contributed by atoms with E-state index in [1.165, 1.54) is 0 Å². The average molecular weight is 194 g/mol. The first-order valence-corrected chi connectivity index (χ1v) is 4.88. The molecule has 2 heterocycles. The van der Waals surface area contributed by atoms with E-state index < -0.39 is 0 Å². The number of aromatic amines is 1. The lowest BCUT2D eigenvalue weighted by Crippen LogP contribution is -2.33. The molecule has 1 amide bonds. The molecule has 4 heteroatoms. The number of amides is 1. The van der Waals surface area contributed by atoms with Gasteiger partial charge < -0.3 is 15.0 Å². The van der Waals surface area contributed by atoms with Crippen molar-refractivity contribution in [3.8, 4) is 0 Å². The molecular formula is C10H14N2O2. The molecule has 1 fully saturated rings. The van der Waals surface area contributed by atoms with Crippen LogP contribution in [0.15, 0.2) is 18.3 Å². The fourth-order valence-electron chi connectivity index (χ4n) is 1.56. The molecule has 1 aromatic rings. The van der Waals surface area contributed by atoms with E-state index in [9.17, 15) is 4.79 Å². The maximum Gasteiger partial charge on any atom is 0.249 e. The molecule has 0 bridgehead atoms. The van der Waals surface area contributed by atoms with E-state index in [4.69, 9.17) is 4.74 Å². The lowest BCUT2D eigenvalue weighted by molar-refractivity contribution is -0.130. The highest BCUT2D eigenvalue weighted by atomic mass is 16.5. The summed E-state index contributed by atoms with van der Waals surface area (Å²) < 4.78 is 5.26. The minimum atomic E-state index is -0.232. The molecule has 2 rings (SSSR count). The molecule has 76 valence electrons. The Balaban J connectivity index is 1.77. The number of H-pyrrole nitrogens is 1. The number of rotatable bonds is 3. The molecule has 0 aromatic carbocycles. The highest BCUT2D eigenvalue weighted by molar-refractivity contribution is 5.80. The van der Waals surface area contributed by atoms with Gasteiger partial charge in [-0.15, -0.1) is 0 Å². The van der Waals surface area contributed by atoms with Crippen LogP contribution in [0.1, 0.15) is 18.5 Å². The Hall–Kier alpha value is -1.29. The van der Waals surface area contributed by atoms with Crippen molar-refractivity contribution in [3.63, 3.8) is 0 Å². The van der Waals surface area contributed by atoms with E-state index in [0.717, 1.165) is 18.5 Å². The van der Waals surface area contributed by atoms with Gasteiger partial charge in [0.1, 0.15) is 6.10 Å². The van der Waals surface area contributed by atoms with Crippen molar-refractivity contribution in [1.29, 1.82) is 0 Å². The quantitative estimate of drug-likeness (QED) is 0.748. The number of hydrogen-bond donors (Lipinski definition) is 2. The van der Waals surface area contributed by atoms with Crippen LogP contribution in [0.25, 0.3) is 0 Å². The van der Waals surface area contributed by atoms with Crippen LogP contribution in [0.3, 0.4) is 0 Å². The molecule has 1 aliphatic rings. The molecule has 0 saturated carbocycles. The molecular weight excluding hydrogens is 180 g/mol. The minimum Gasteiger partial charge on any atom is -0.368 e. The average Bonchev–Trinajstić information content (AvgIpc) is 2.87. The number of aromatic nitrogens is 1. The van der Waals surface area contributed by atoms with Gasteiger partial charge in [-0.25, -0.2) is 0 Å². The van der Waals surface area contributed by atoms with Crippen LogP contribution in [-0.4, -0.2) is 23.6 Å². The SMILES string of the molecule is O=C(NCc1ccc[nH]1)C1CCCO1. The lowest BCUT2D eigenvalue weighted by Gasteiger charge is -2.09. The fraction of sp³-hybridized carbons (Fsp3) is 0.500. The first kappa shape index (κ1) is 9.27. The Morgan fingerprint density at radius 2 is 2.64 bits per heavy atom. The summed E-state index contributed by atoms with van der Waals surface area (Å²) in [5, 5.41) is 2.83. The third-order valence-electron chi connectivity index (χ3n) is 2.34. The summed E-state index contributed by atoms with van der Waals surface area (Å²) in [7, 11) is 0. The molecule has 1 aliphatic heterocycles. The van der Waals surface area contributed by atoms with Gasteiger partial charge in [-0.05, 0) is 25.0 Å². The third kappa shape index (κ3) is 2.14. The smallest absolute Gasteiger partial charge is 0.249 e. The molecule has 14 heavy (non-hydrogen) atoms. The highest BCUT2D eigenvalue weighted by Crippen LogP contribution is 2.11. The topological polar surface area (TPSA) is 54.1 Å². The van der Waals surface area contributed by atoms with Gasteiger partial charge in [0.15, 0.2) is 0 Å². The van der Waals surface area contributed by atoms with Crippen LogP contribution in [0.4, 0.5) is 0 Å². The summed E-state index contributed by atoms with van der Waals surface area (Å²) >= 11 is 0. The fourth-order valence-corrected chi connectivity index (χ4v) is 1.56. The van der Waals surface area contributed by atoms with Crippen molar-refractivity contribution in [3.05, 3.63) is 24.0 Å². The number of hydrogen-bond acceptors (Lipinski definition) is 2. The first-order valence-electron chi connectivity index (χ1n) is 4.88. The van der Waals surface area contributed by atoms with Crippen molar-refractivity contribution < 1.29 is 9.53 Å². The summed E-state index contributed by atoms with van der Waals surface area (Å²) in [5.74, 6) is -0.00269. The van der Waals surface area contributed by atoms with E-state index in [2.05, 4.69) is 10.3 Å². The molecule has 4 nitrogen and oxygen atoms in total. The standard InChI is InChI=1S/C10H14N2O2/c13-10(9-4-2-6-14-9)12-7-8-3-1-5-11-8/h1,3,5,9,11H,2,4,6-7H2,(H,12,13). The maximum atomic E-state index is 11.5. The van der Waals surface area contributed by atoms with E-state index in [0.29, 0.717) is 13.2 Å². The summed E-state index contributed by atoms with van der Waals surface area (Å²) in [5.41, 5.74) is 1.01. The largest absolute Gasteiger partial charge is 0.368 e. The monoisotopic (exact) mass is 194 g/mol. The van der Waals surface area contributed by atoms with Crippen molar-refractivity contribution in [2.24, 2.45) is 0 Å². The summed E-state index contributed by atoms with van der Waals surface area (Å²) in [6.45, 7) is 1.26. The van der Waals surface area contributed by atoms with E-state index in [1.54, 1.807) is 0 Å². The van der Waals surface area contributed by atoms with E-state index in [1.807, 2.05) is 18.3 Å². The van der Waals surface area contributed by atoms with Gasteiger partial charge in [-0.2, -0.15) is 0 Å². The second-order valence-electron chi connectivity index (χ2n) is 3.41. The minimum absolute atomic E-state index is 0.00269. The molecule has 0 radical (unpaired) electrons. The van der Waals surface area contributed by atoms with Gasteiger partial charge in [0.2, 0.25) is 5.91 Å². The number of ether oxygens (including phenoxy) is 1. The van der Waals surface area contributed by atoms with Gasteiger partial charge in [-0.3, -0.25) is 4.79 Å². The second kappa shape index (κ2) is 4.28. The van der Waals surface area contributed by atoms with Crippen LogP contribution >= 0.6 is 0 Å². The van der Waals surface area contributed by atoms with Gasteiger partial charge in [0.25, 0.3) is 0 Å². The second-order valence-corrected chi connectivity index (χ2v) is 3.41. The first-order chi connectivity index (χ1) is 6.86. The number of nitrogens with one attached hydrogen (secondary N) is 2. The van der Waals surface area contributed by atoms with Gasteiger partial charge in [-0.1, -0.05) is 0 Å². The third-order valence-corrected chi connectivity index (χ3v) is 2.34. The van der Waals surface area contributed by atoms with Crippen LogP contribution < -0.4 is 5.32 Å². The van der Waals surface area contributed by atoms with Gasteiger partial charge in [0.05, 0.1) is 6.54 Å². The maximum absolute atomic E-state index is 11.5. The van der Waals surface area contributed by atoms with Crippen molar-refractivity contribution >= 4 is 5.91 Å². The Labute approximate surface area is 82.6 Å². The molecule has 1 aromatic heterocycles. The summed E-state index contributed by atoms with van der Waals surface area (Å²) in [6, 6.07) is 3.85. The number of carbonyl (C=O) groups is 1. The Morgan fingerprint density at radius 1 is 1.71 bits per heavy atom. The Morgan fingerprint density at radius 3 is 3.29 bits per heavy atom. The van der Waals surface area contributed by atoms with Crippen LogP contribution in [0, 0.1) is 0 Å². The number of carbonyl (C=O) groups excluding carboxylic acids is 1. The van der Waals surface area contributed by atoms with Gasteiger partial charge in [0, 0.05) is 18.5 Å². The Bertz CT molecular complexity index is 289. The molecule has 1 unspecified atom stereocenters. The molecule has 2 N–H and O–H groups in total. The zero-order valence-electron chi connectivity index (χ0n) is 7.95. The summed E-state index contributed by atoms with van der Waals surface area (Å²) in [4.78, 5) is 14.5. The Kier molecular flexibility index (Phi) is 2.84. The van der Waals surface area contributed by atoms with E-state index in [-0.39, 0.29) is 12.0 Å². The molecule has 0 aliphatic carbocycles.